The number of carbonyl (C=O) groups excluding carboxylic acids is 1. The maximum Gasteiger partial charge on any atom is 0.435 e. The number of aromatic amines is 1. The van der Waals surface area contributed by atoms with Gasteiger partial charge in [0.2, 0.25) is 0 Å². The first kappa shape index (κ1) is 19.5. The van der Waals surface area contributed by atoms with E-state index in [0.717, 1.165) is 47.5 Å². The van der Waals surface area contributed by atoms with Gasteiger partial charge in [-0.3, -0.25) is 9.89 Å². The summed E-state index contributed by atoms with van der Waals surface area (Å²) in [5, 5.41) is 5.04. The molecule has 4 nitrogen and oxygen atoms in total. The van der Waals surface area contributed by atoms with Crippen LogP contribution in [0.3, 0.4) is 0 Å². The fourth-order valence-electron chi connectivity index (χ4n) is 2.65. The Morgan fingerprint density at radius 3 is 2.39 bits per heavy atom. The summed E-state index contributed by atoms with van der Waals surface area (Å²) in [4.78, 5) is 13.4. The molecular formula is C18H11F6N3O. The van der Waals surface area contributed by atoms with Gasteiger partial charge in [0.15, 0.2) is 17.3 Å². The molecule has 1 amide bonds. The maximum atomic E-state index is 13.7. The van der Waals surface area contributed by atoms with Gasteiger partial charge in [-0.05, 0) is 35.9 Å². The highest BCUT2D eigenvalue weighted by molar-refractivity contribution is 6.08. The first-order valence-corrected chi connectivity index (χ1v) is 7.73. The summed E-state index contributed by atoms with van der Waals surface area (Å²) in [6.45, 7) is 0. The summed E-state index contributed by atoms with van der Waals surface area (Å²) in [7, 11) is 1.17. The summed E-state index contributed by atoms with van der Waals surface area (Å²) >= 11 is 0. The minimum Gasteiger partial charge on any atom is -0.311 e. The topological polar surface area (TPSA) is 49.0 Å². The quantitative estimate of drug-likeness (QED) is 0.644. The molecule has 0 radical (unpaired) electrons. The van der Waals surface area contributed by atoms with Crippen LogP contribution in [0.25, 0.3) is 11.1 Å². The molecule has 0 atom stereocenters. The molecule has 0 fully saturated rings. The summed E-state index contributed by atoms with van der Waals surface area (Å²) in [6, 6.07) is 5.88. The Hall–Kier alpha value is -3.30. The van der Waals surface area contributed by atoms with Gasteiger partial charge in [0, 0.05) is 18.8 Å². The van der Waals surface area contributed by atoms with E-state index in [2.05, 4.69) is 5.10 Å². The Labute approximate surface area is 154 Å². The zero-order valence-corrected chi connectivity index (χ0v) is 14.1. The average Bonchev–Trinajstić information content (AvgIpc) is 3.13. The molecule has 0 unspecified atom stereocenters. The summed E-state index contributed by atoms with van der Waals surface area (Å²) in [6.07, 6.45) is -4.07. The molecule has 1 aromatic heterocycles. The van der Waals surface area contributed by atoms with Crippen LogP contribution in [0.15, 0.2) is 42.6 Å². The zero-order chi connectivity index (χ0) is 20.6. The number of aromatic nitrogens is 2. The van der Waals surface area contributed by atoms with Gasteiger partial charge >= 0.3 is 6.18 Å². The van der Waals surface area contributed by atoms with E-state index in [1.165, 1.54) is 7.05 Å². The van der Waals surface area contributed by atoms with Gasteiger partial charge in [0.05, 0.1) is 11.3 Å². The smallest absolute Gasteiger partial charge is 0.311 e. The van der Waals surface area contributed by atoms with Crippen LogP contribution in [-0.2, 0) is 6.18 Å². The van der Waals surface area contributed by atoms with Crippen LogP contribution in [0.4, 0.5) is 32.0 Å². The van der Waals surface area contributed by atoms with Crippen LogP contribution in [0.5, 0.6) is 0 Å². The largest absolute Gasteiger partial charge is 0.435 e. The van der Waals surface area contributed by atoms with Crippen LogP contribution >= 0.6 is 0 Å². The number of hydrogen-bond acceptors (Lipinski definition) is 2. The monoisotopic (exact) mass is 399 g/mol. The lowest BCUT2D eigenvalue weighted by Crippen LogP contribution is -2.28. The van der Waals surface area contributed by atoms with E-state index >= 15 is 0 Å². The van der Waals surface area contributed by atoms with Crippen molar-refractivity contribution in [3.8, 4) is 11.1 Å². The lowest BCUT2D eigenvalue weighted by Gasteiger charge is -2.21. The van der Waals surface area contributed by atoms with Crippen molar-refractivity contribution < 1.29 is 31.1 Å². The number of amides is 1. The van der Waals surface area contributed by atoms with E-state index in [1.54, 1.807) is 0 Å². The predicted octanol–water partition coefficient (Wildman–Crippen LogP) is 4.79. The second kappa shape index (κ2) is 7.02. The molecule has 0 saturated heterocycles. The van der Waals surface area contributed by atoms with Crippen molar-refractivity contribution in [3.05, 3.63) is 71.3 Å². The molecule has 2 aromatic carbocycles. The molecule has 0 aliphatic rings. The van der Waals surface area contributed by atoms with E-state index in [9.17, 15) is 31.1 Å². The molecule has 1 N–H and O–H groups in total. The van der Waals surface area contributed by atoms with Gasteiger partial charge in [-0.15, -0.1) is 0 Å². The molecule has 0 bridgehead atoms. The first-order valence-electron chi connectivity index (χ1n) is 7.73. The third-order valence-electron chi connectivity index (χ3n) is 3.99. The van der Waals surface area contributed by atoms with Gasteiger partial charge in [-0.2, -0.15) is 18.3 Å². The van der Waals surface area contributed by atoms with Crippen LogP contribution < -0.4 is 4.90 Å². The van der Waals surface area contributed by atoms with Crippen molar-refractivity contribution in [3.63, 3.8) is 0 Å². The third-order valence-corrected chi connectivity index (χ3v) is 3.99. The molecule has 10 heteroatoms. The van der Waals surface area contributed by atoms with Crippen LogP contribution in [0.2, 0.25) is 0 Å². The number of hydrogen-bond donors (Lipinski definition) is 1. The van der Waals surface area contributed by atoms with Crippen LogP contribution in [0, 0.1) is 17.5 Å². The van der Waals surface area contributed by atoms with E-state index in [4.69, 9.17) is 0 Å². The minimum atomic E-state index is -4.86. The molecule has 0 aliphatic carbocycles. The molecule has 0 saturated carbocycles. The SMILES string of the molecule is CN(C(=O)c1c[nH]nc1C(F)(F)F)c1ccc(F)cc1-c1ccc(F)c(F)c1. The number of rotatable bonds is 3. The fourth-order valence-corrected chi connectivity index (χ4v) is 2.65. The Morgan fingerprint density at radius 1 is 1.04 bits per heavy atom. The van der Waals surface area contributed by atoms with E-state index < -0.39 is 40.8 Å². The van der Waals surface area contributed by atoms with Crippen molar-refractivity contribution in [1.82, 2.24) is 10.2 Å². The standard InChI is InChI=1S/C18H11F6N3O/c1-27(17(28)12-8-25-26-16(12)18(22,23)24)15-5-3-10(19)7-11(15)9-2-4-13(20)14(21)6-9/h2-8H,1H3,(H,25,26). The Bertz CT molecular complexity index is 1040. The number of halogens is 6. The summed E-state index contributed by atoms with van der Waals surface area (Å²) in [5.74, 6) is -4.13. The molecule has 0 spiro atoms. The van der Waals surface area contributed by atoms with Gasteiger partial charge < -0.3 is 4.90 Å². The van der Waals surface area contributed by atoms with E-state index in [0.29, 0.717) is 0 Å². The van der Waals surface area contributed by atoms with Crippen molar-refractivity contribution in [2.45, 2.75) is 6.18 Å². The number of H-pyrrole nitrogens is 1. The minimum absolute atomic E-state index is 0.00759. The molecule has 3 aromatic rings. The summed E-state index contributed by atoms with van der Waals surface area (Å²) in [5.41, 5.74) is -2.12. The van der Waals surface area contributed by atoms with Gasteiger partial charge in [0.25, 0.3) is 5.91 Å². The number of carbonyl (C=O) groups is 1. The van der Waals surface area contributed by atoms with Crippen LogP contribution in [0.1, 0.15) is 16.1 Å². The third kappa shape index (κ3) is 3.57. The van der Waals surface area contributed by atoms with E-state index in [1.807, 2.05) is 5.10 Å². The van der Waals surface area contributed by atoms with Gasteiger partial charge in [-0.1, -0.05) is 6.07 Å². The van der Waals surface area contributed by atoms with Gasteiger partial charge in [-0.25, -0.2) is 13.2 Å². The normalized spacial score (nSPS) is 11.5. The number of nitrogens with zero attached hydrogens (tertiary/aromatic N) is 2. The number of alkyl halides is 3. The van der Waals surface area contributed by atoms with Crippen molar-refractivity contribution in [2.75, 3.05) is 11.9 Å². The second-order valence-corrected chi connectivity index (χ2v) is 5.80. The molecule has 28 heavy (non-hydrogen) atoms. The second-order valence-electron chi connectivity index (χ2n) is 5.80. The number of benzene rings is 2. The Kier molecular flexibility index (Phi) is 4.88. The highest BCUT2D eigenvalue weighted by Gasteiger charge is 2.39. The summed E-state index contributed by atoms with van der Waals surface area (Å²) < 4.78 is 79.5. The molecule has 3 rings (SSSR count). The van der Waals surface area contributed by atoms with Gasteiger partial charge in [0.1, 0.15) is 5.82 Å². The first-order chi connectivity index (χ1) is 13.1. The zero-order valence-electron chi connectivity index (χ0n) is 14.1. The molecular weight excluding hydrogens is 388 g/mol. The van der Waals surface area contributed by atoms with Crippen molar-refractivity contribution in [2.24, 2.45) is 0 Å². The fraction of sp³-hybridized carbons (Fsp3) is 0.111. The lowest BCUT2D eigenvalue weighted by atomic mass is 10.0. The van der Waals surface area contributed by atoms with Crippen LogP contribution in [-0.4, -0.2) is 23.2 Å². The van der Waals surface area contributed by atoms with Crippen molar-refractivity contribution in [1.29, 1.82) is 0 Å². The molecule has 1 heterocycles. The molecule has 146 valence electrons. The average molecular weight is 399 g/mol. The molecule has 0 aliphatic heterocycles. The predicted molar refractivity (Wildman–Crippen MR) is 88.1 cm³/mol. The van der Waals surface area contributed by atoms with E-state index in [-0.39, 0.29) is 16.8 Å². The Balaban J connectivity index is 2.08. The highest BCUT2D eigenvalue weighted by atomic mass is 19.4. The number of anilines is 1. The lowest BCUT2D eigenvalue weighted by molar-refractivity contribution is -0.141. The number of nitrogens with one attached hydrogen (secondary N) is 1. The Morgan fingerprint density at radius 2 is 1.75 bits per heavy atom. The highest BCUT2D eigenvalue weighted by Crippen LogP contribution is 2.35. The maximum absolute atomic E-state index is 13.7. The van der Waals surface area contributed by atoms with Crippen molar-refractivity contribution >= 4 is 11.6 Å².